The summed E-state index contributed by atoms with van der Waals surface area (Å²) in [4.78, 5) is 0. The number of rotatable bonds is 5. The molecular formula is C18H28N2. The van der Waals surface area contributed by atoms with E-state index in [-0.39, 0.29) is 0 Å². The fourth-order valence-corrected chi connectivity index (χ4v) is 4.15. The number of hydrogen-bond donors (Lipinski definition) is 2. The van der Waals surface area contributed by atoms with Crippen molar-refractivity contribution in [2.24, 2.45) is 5.92 Å². The highest BCUT2D eigenvalue weighted by Crippen LogP contribution is 2.32. The van der Waals surface area contributed by atoms with Crippen LogP contribution >= 0.6 is 0 Å². The standard InChI is InChI=1S/C18H28N2/c1-14(13-15-7-3-2-4-8-15)20-18-10-5-9-16(18)17-11-6-12-19-17/h2-4,7-8,14,16-20H,5-6,9-13H2,1H3. The van der Waals surface area contributed by atoms with Gasteiger partial charge in [-0.05, 0) is 57.1 Å². The summed E-state index contributed by atoms with van der Waals surface area (Å²) in [7, 11) is 0. The SMILES string of the molecule is CC(Cc1ccccc1)NC1CCCC1C1CCCN1. The average molecular weight is 272 g/mol. The van der Waals surface area contributed by atoms with Crippen LogP contribution in [0, 0.1) is 5.92 Å². The molecule has 2 aliphatic rings. The molecule has 0 amide bonds. The molecule has 1 saturated heterocycles. The van der Waals surface area contributed by atoms with E-state index in [0.717, 1.165) is 24.4 Å². The first-order valence-electron chi connectivity index (χ1n) is 8.36. The average Bonchev–Trinajstić information content (AvgIpc) is 3.10. The van der Waals surface area contributed by atoms with Gasteiger partial charge in [0.15, 0.2) is 0 Å². The van der Waals surface area contributed by atoms with E-state index >= 15 is 0 Å². The molecule has 1 aromatic rings. The first kappa shape index (κ1) is 14.1. The maximum Gasteiger partial charge on any atom is 0.0113 e. The van der Waals surface area contributed by atoms with Gasteiger partial charge >= 0.3 is 0 Å². The van der Waals surface area contributed by atoms with E-state index in [2.05, 4.69) is 47.9 Å². The van der Waals surface area contributed by atoms with Gasteiger partial charge in [-0.25, -0.2) is 0 Å². The molecule has 1 aliphatic carbocycles. The number of hydrogen-bond acceptors (Lipinski definition) is 2. The van der Waals surface area contributed by atoms with Crippen LogP contribution < -0.4 is 10.6 Å². The van der Waals surface area contributed by atoms with Gasteiger partial charge in [-0.3, -0.25) is 0 Å². The fraction of sp³-hybridized carbons (Fsp3) is 0.667. The Bertz CT molecular complexity index is 397. The zero-order chi connectivity index (χ0) is 13.8. The molecule has 1 saturated carbocycles. The molecule has 1 heterocycles. The second kappa shape index (κ2) is 6.73. The second-order valence-electron chi connectivity index (χ2n) is 6.66. The maximum atomic E-state index is 3.91. The van der Waals surface area contributed by atoms with Crippen LogP contribution in [0.5, 0.6) is 0 Å². The molecule has 4 atom stereocenters. The van der Waals surface area contributed by atoms with Gasteiger partial charge in [-0.2, -0.15) is 0 Å². The van der Waals surface area contributed by atoms with Crippen LogP contribution in [0.2, 0.25) is 0 Å². The topological polar surface area (TPSA) is 24.1 Å². The van der Waals surface area contributed by atoms with Gasteiger partial charge < -0.3 is 10.6 Å². The van der Waals surface area contributed by atoms with Crippen molar-refractivity contribution in [3.8, 4) is 0 Å². The van der Waals surface area contributed by atoms with Gasteiger partial charge in [0.25, 0.3) is 0 Å². The minimum Gasteiger partial charge on any atom is -0.314 e. The lowest BCUT2D eigenvalue weighted by Gasteiger charge is -2.29. The Hall–Kier alpha value is -0.860. The molecule has 0 radical (unpaired) electrons. The van der Waals surface area contributed by atoms with Gasteiger partial charge in [0.05, 0.1) is 0 Å². The zero-order valence-corrected chi connectivity index (χ0v) is 12.6. The third-order valence-electron chi connectivity index (χ3n) is 5.07. The molecular weight excluding hydrogens is 244 g/mol. The highest BCUT2D eigenvalue weighted by Gasteiger charge is 2.35. The van der Waals surface area contributed by atoms with Gasteiger partial charge in [-0.1, -0.05) is 36.8 Å². The normalized spacial score (nSPS) is 31.6. The molecule has 0 aromatic heterocycles. The predicted octanol–water partition coefficient (Wildman–Crippen LogP) is 3.13. The molecule has 2 heteroatoms. The van der Waals surface area contributed by atoms with Crippen molar-refractivity contribution in [2.75, 3.05) is 6.54 Å². The smallest absolute Gasteiger partial charge is 0.0113 e. The summed E-state index contributed by atoms with van der Waals surface area (Å²) in [5.41, 5.74) is 1.45. The number of nitrogens with one attached hydrogen (secondary N) is 2. The van der Waals surface area contributed by atoms with Crippen LogP contribution in [-0.4, -0.2) is 24.7 Å². The van der Waals surface area contributed by atoms with E-state index in [0.29, 0.717) is 6.04 Å². The largest absolute Gasteiger partial charge is 0.314 e. The van der Waals surface area contributed by atoms with Gasteiger partial charge in [0.2, 0.25) is 0 Å². The van der Waals surface area contributed by atoms with E-state index in [1.54, 1.807) is 0 Å². The molecule has 1 aliphatic heterocycles. The van der Waals surface area contributed by atoms with Gasteiger partial charge in [-0.15, -0.1) is 0 Å². The quantitative estimate of drug-likeness (QED) is 0.860. The van der Waals surface area contributed by atoms with E-state index < -0.39 is 0 Å². The summed E-state index contributed by atoms with van der Waals surface area (Å²) < 4.78 is 0. The number of benzene rings is 1. The van der Waals surface area contributed by atoms with E-state index in [4.69, 9.17) is 0 Å². The molecule has 2 N–H and O–H groups in total. The summed E-state index contributed by atoms with van der Waals surface area (Å²) in [5.74, 6) is 0.857. The highest BCUT2D eigenvalue weighted by atomic mass is 15.0. The van der Waals surface area contributed by atoms with Crippen molar-refractivity contribution >= 4 is 0 Å². The van der Waals surface area contributed by atoms with Crippen molar-refractivity contribution in [3.63, 3.8) is 0 Å². The lowest BCUT2D eigenvalue weighted by molar-refractivity contribution is 0.301. The van der Waals surface area contributed by atoms with Crippen molar-refractivity contribution in [1.29, 1.82) is 0 Å². The summed E-state index contributed by atoms with van der Waals surface area (Å²) in [5, 5.41) is 7.63. The molecule has 110 valence electrons. The van der Waals surface area contributed by atoms with Crippen LogP contribution in [0.25, 0.3) is 0 Å². The molecule has 2 fully saturated rings. The summed E-state index contributed by atoms with van der Waals surface area (Å²) >= 11 is 0. The minimum absolute atomic E-state index is 0.574. The summed E-state index contributed by atoms with van der Waals surface area (Å²) in [6.07, 6.45) is 8.07. The third kappa shape index (κ3) is 3.42. The third-order valence-corrected chi connectivity index (χ3v) is 5.07. The van der Waals surface area contributed by atoms with Crippen molar-refractivity contribution in [3.05, 3.63) is 35.9 Å². The Morgan fingerprint density at radius 1 is 1.15 bits per heavy atom. The second-order valence-corrected chi connectivity index (χ2v) is 6.66. The molecule has 1 aromatic carbocycles. The van der Waals surface area contributed by atoms with E-state index in [1.807, 2.05) is 0 Å². The van der Waals surface area contributed by atoms with Crippen LogP contribution in [0.1, 0.15) is 44.6 Å². The van der Waals surface area contributed by atoms with Crippen LogP contribution in [0.3, 0.4) is 0 Å². The first-order valence-corrected chi connectivity index (χ1v) is 8.36. The Kier molecular flexibility index (Phi) is 4.74. The van der Waals surface area contributed by atoms with Crippen molar-refractivity contribution in [1.82, 2.24) is 10.6 Å². The van der Waals surface area contributed by atoms with E-state index in [1.165, 1.54) is 44.2 Å². The minimum atomic E-state index is 0.574. The van der Waals surface area contributed by atoms with Gasteiger partial charge in [0, 0.05) is 18.1 Å². The monoisotopic (exact) mass is 272 g/mol. The predicted molar refractivity (Wildman–Crippen MR) is 84.9 cm³/mol. The van der Waals surface area contributed by atoms with Crippen molar-refractivity contribution < 1.29 is 0 Å². The highest BCUT2D eigenvalue weighted by molar-refractivity contribution is 5.15. The van der Waals surface area contributed by atoms with Crippen molar-refractivity contribution in [2.45, 2.75) is 63.6 Å². The maximum absolute atomic E-state index is 3.91. The molecule has 0 bridgehead atoms. The van der Waals surface area contributed by atoms with Crippen LogP contribution in [0.4, 0.5) is 0 Å². The zero-order valence-electron chi connectivity index (χ0n) is 12.6. The molecule has 4 unspecified atom stereocenters. The molecule has 20 heavy (non-hydrogen) atoms. The molecule has 2 nitrogen and oxygen atoms in total. The molecule has 3 rings (SSSR count). The Labute approximate surface area is 123 Å². The van der Waals surface area contributed by atoms with Crippen LogP contribution in [-0.2, 0) is 6.42 Å². The van der Waals surface area contributed by atoms with Gasteiger partial charge in [0.1, 0.15) is 0 Å². The Morgan fingerprint density at radius 3 is 2.75 bits per heavy atom. The summed E-state index contributed by atoms with van der Waals surface area (Å²) in [6, 6.07) is 12.9. The lowest BCUT2D eigenvalue weighted by atomic mass is 9.92. The Balaban J connectivity index is 1.53. The lowest BCUT2D eigenvalue weighted by Crippen LogP contribution is -2.45. The van der Waals surface area contributed by atoms with E-state index in [9.17, 15) is 0 Å². The first-order chi connectivity index (χ1) is 9.83. The van der Waals surface area contributed by atoms with Crippen LogP contribution in [0.15, 0.2) is 30.3 Å². The summed E-state index contributed by atoms with van der Waals surface area (Å²) in [6.45, 7) is 3.57. The Morgan fingerprint density at radius 2 is 2.00 bits per heavy atom. The fourth-order valence-electron chi connectivity index (χ4n) is 4.15. The molecule has 0 spiro atoms.